The van der Waals surface area contributed by atoms with Gasteiger partial charge in [0.2, 0.25) is 0 Å². The Labute approximate surface area is 141 Å². The van der Waals surface area contributed by atoms with Crippen molar-refractivity contribution < 1.29 is 9.63 Å². The number of nitrogens with zero attached hydrogens (tertiary/aromatic N) is 1. The van der Waals surface area contributed by atoms with Gasteiger partial charge in [0.1, 0.15) is 0 Å². The maximum Gasteiger partial charge on any atom is 0.260 e. The van der Waals surface area contributed by atoms with E-state index in [0.717, 1.165) is 23.1 Å². The molecule has 2 rings (SSSR count). The molecule has 0 aliphatic carbocycles. The largest absolute Gasteiger partial charge is 0.386 e. The van der Waals surface area contributed by atoms with E-state index in [1.807, 2.05) is 55.5 Å². The number of oxime groups is 1. The molecule has 0 unspecified atom stereocenters. The van der Waals surface area contributed by atoms with Crippen LogP contribution in [0.5, 0.6) is 0 Å². The van der Waals surface area contributed by atoms with Crippen LogP contribution in [0.4, 0.5) is 0 Å². The van der Waals surface area contributed by atoms with Crippen LogP contribution in [-0.2, 0) is 16.1 Å². The average Bonchev–Trinajstić information content (AvgIpc) is 2.55. The molecule has 0 saturated carbocycles. The molecule has 0 bridgehead atoms. The van der Waals surface area contributed by atoms with E-state index in [2.05, 4.69) is 10.5 Å². The highest BCUT2D eigenvalue weighted by atomic mass is 35.5. The molecule has 23 heavy (non-hydrogen) atoms. The number of hydrogen-bond acceptors (Lipinski definition) is 3. The molecule has 0 atom stereocenters. The van der Waals surface area contributed by atoms with Crippen molar-refractivity contribution in [3.63, 3.8) is 0 Å². The van der Waals surface area contributed by atoms with Crippen molar-refractivity contribution in [2.75, 3.05) is 13.2 Å². The summed E-state index contributed by atoms with van der Waals surface area (Å²) >= 11 is 5.82. The molecule has 0 heterocycles. The summed E-state index contributed by atoms with van der Waals surface area (Å²) in [6.07, 6.45) is 2.35. The molecule has 0 saturated heterocycles. The van der Waals surface area contributed by atoms with Gasteiger partial charge in [-0.1, -0.05) is 53.2 Å². The van der Waals surface area contributed by atoms with E-state index >= 15 is 0 Å². The monoisotopic (exact) mass is 330 g/mol. The molecule has 0 aliphatic rings. The average molecular weight is 331 g/mol. The van der Waals surface area contributed by atoms with Gasteiger partial charge in [-0.3, -0.25) is 4.79 Å². The van der Waals surface area contributed by atoms with Crippen LogP contribution >= 0.6 is 11.6 Å². The van der Waals surface area contributed by atoms with E-state index in [1.54, 1.807) is 6.21 Å². The molecule has 2 aromatic carbocycles. The highest BCUT2D eigenvalue weighted by Crippen LogP contribution is 2.09. The zero-order valence-corrected chi connectivity index (χ0v) is 13.7. The SMILES string of the molecule is Cc1ccccc1/C=N\OCC(=O)NCCc1ccc(Cl)cc1. The molecule has 4 nitrogen and oxygen atoms in total. The van der Waals surface area contributed by atoms with Crippen LogP contribution in [0.25, 0.3) is 0 Å². The van der Waals surface area contributed by atoms with Gasteiger partial charge in [0.15, 0.2) is 6.61 Å². The summed E-state index contributed by atoms with van der Waals surface area (Å²) in [6, 6.07) is 15.4. The van der Waals surface area contributed by atoms with Crippen molar-refractivity contribution in [1.29, 1.82) is 0 Å². The second-order valence-electron chi connectivity index (χ2n) is 5.09. The van der Waals surface area contributed by atoms with E-state index in [9.17, 15) is 4.79 Å². The molecule has 0 radical (unpaired) electrons. The Morgan fingerprint density at radius 2 is 1.96 bits per heavy atom. The predicted molar refractivity (Wildman–Crippen MR) is 92.9 cm³/mol. The van der Waals surface area contributed by atoms with Gasteiger partial charge in [0.05, 0.1) is 6.21 Å². The number of hydrogen-bond donors (Lipinski definition) is 1. The fourth-order valence-electron chi connectivity index (χ4n) is 1.97. The lowest BCUT2D eigenvalue weighted by Crippen LogP contribution is -2.28. The lowest BCUT2D eigenvalue weighted by molar-refractivity contribution is -0.125. The zero-order chi connectivity index (χ0) is 16.5. The van der Waals surface area contributed by atoms with Crippen LogP contribution in [0.3, 0.4) is 0 Å². The van der Waals surface area contributed by atoms with E-state index < -0.39 is 0 Å². The van der Waals surface area contributed by atoms with Crippen LogP contribution < -0.4 is 5.32 Å². The van der Waals surface area contributed by atoms with Crippen molar-refractivity contribution in [1.82, 2.24) is 5.32 Å². The molecule has 1 N–H and O–H groups in total. The molecule has 1 amide bonds. The first-order chi connectivity index (χ1) is 11.1. The number of aryl methyl sites for hydroxylation is 1. The number of benzene rings is 2. The number of nitrogens with one attached hydrogen (secondary N) is 1. The minimum atomic E-state index is -0.194. The maximum atomic E-state index is 11.6. The lowest BCUT2D eigenvalue weighted by atomic mass is 10.1. The van der Waals surface area contributed by atoms with E-state index in [4.69, 9.17) is 16.4 Å². The highest BCUT2D eigenvalue weighted by Gasteiger charge is 2.01. The molecular formula is C18H19ClN2O2. The molecule has 120 valence electrons. The summed E-state index contributed by atoms with van der Waals surface area (Å²) in [5.74, 6) is -0.194. The van der Waals surface area contributed by atoms with Crippen molar-refractivity contribution in [2.45, 2.75) is 13.3 Å². The van der Waals surface area contributed by atoms with E-state index in [-0.39, 0.29) is 12.5 Å². The molecule has 2 aromatic rings. The Hall–Kier alpha value is -2.33. The number of carbonyl (C=O) groups excluding carboxylic acids is 1. The molecule has 0 spiro atoms. The first kappa shape index (κ1) is 17.0. The molecule has 5 heteroatoms. The van der Waals surface area contributed by atoms with Crippen LogP contribution in [-0.4, -0.2) is 25.3 Å². The Morgan fingerprint density at radius 3 is 2.70 bits per heavy atom. The quantitative estimate of drug-likeness (QED) is 0.625. The number of rotatable bonds is 7. The van der Waals surface area contributed by atoms with Crippen LogP contribution in [0.15, 0.2) is 53.7 Å². The van der Waals surface area contributed by atoms with Gasteiger partial charge in [-0.25, -0.2) is 0 Å². The van der Waals surface area contributed by atoms with Crippen molar-refractivity contribution in [3.05, 3.63) is 70.2 Å². The van der Waals surface area contributed by atoms with Gasteiger partial charge in [0.25, 0.3) is 5.91 Å². The predicted octanol–water partition coefficient (Wildman–Crippen LogP) is 3.36. The van der Waals surface area contributed by atoms with Crippen LogP contribution in [0.1, 0.15) is 16.7 Å². The Balaban J connectivity index is 1.65. The third-order valence-electron chi connectivity index (χ3n) is 3.30. The molecule has 0 fully saturated rings. The summed E-state index contributed by atoms with van der Waals surface area (Å²) in [5, 5.41) is 7.31. The highest BCUT2D eigenvalue weighted by molar-refractivity contribution is 6.30. The van der Waals surface area contributed by atoms with Gasteiger partial charge in [-0.2, -0.15) is 0 Å². The van der Waals surface area contributed by atoms with Crippen LogP contribution in [0.2, 0.25) is 5.02 Å². The Kier molecular flexibility index (Phi) is 6.63. The number of amides is 1. The normalized spacial score (nSPS) is 10.7. The van der Waals surface area contributed by atoms with Crippen molar-refractivity contribution in [3.8, 4) is 0 Å². The van der Waals surface area contributed by atoms with Gasteiger partial charge in [-0.15, -0.1) is 0 Å². The second kappa shape index (κ2) is 8.96. The fraction of sp³-hybridized carbons (Fsp3) is 0.222. The first-order valence-electron chi connectivity index (χ1n) is 7.37. The third kappa shape index (κ3) is 6.12. The van der Waals surface area contributed by atoms with E-state index in [0.29, 0.717) is 11.6 Å². The minimum absolute atomic E-state index is 0.0942. The van der Waals surface area contributed by atoms with Gasteiger partial charge >= 0.3 is 0 Å². The summed E-state index contributed by atoms with van der Waals surface area (Å²) in [5.41, 5.74) is 3.19. The topological polar surface area (TPSA) is 50.7 Å². The number of halogens is 1. The van der Waals surface area contributed by atoms with Gasteiger partial charge < -0.3 is 10.2 Å². The van der Waals surface area contributed by atoms with Crippen molar-refractivity contribution >= 4 is 23.7 Å². The number of carbonyl (C=O) groups is 1. The lowest BCUT2D eigenvalue weighted by Gasteiger charge is -2.05. The third-order valence-corrected chi connectivity index (χ3v) is 3.55. The fourth-order valence-corrected chi connectivity index (χ4v) is 2.10. The minimum Gasteiger partial charge on any atom is -0.386 e. The summed E-state index contributed by atoms with van der Waals surface area (Å²) in [6.45, 7) is 2.44. The maximum absolute atomic E-state index is 11.6. The van der Waals surface area contributed by atoms with Crippen molar-refractivity contribution in [2.24, 2.45) is 5.16 Å². The summed E-state index contributed by atoms with van der Waals surface area (Å²) in [4.78, 5) is 16.6. The van der Waals surface area contributed by atoms with Gasteiger partial charge in [-0.05, 0) is 42.2 Å². The first-order valence-corrected chi connectivity index (χ1v) is 7.75. The second-order valence-corrected chi connectivity index (χ2v) is 5.53. The molecule has 0 aliphatic heterocycles. The molecular weight excluding hydrogens is 312 g/mol. The smallest absolute Gasteiger partial charge is 0.260 e. The van der Waals surface area contributed by atoms with E-state index in [1.165, 1.54) is 0 Å². The van der Waals surface area contributed by atoms with Crippen LogP contribution in [0, 0.1) is 6.92 Å². The Bertz CT molecular complexity index is 669. The van der Waals surface area contributed by atoms with Gasteiger partial charge in [0, 0.05) is 11.6 Å². The summed E-state index contributed by atoms with van der Waals surface area (Å²) < 4.78 is 0. The summed E-state index contributed by atoms with van der Waals surface area (Å²) in [7, 11) is 0. The Morgan fingerprint density at radius 1 is 1.22 bits per heavy atom. The zero-order valence-electron chi connectivity index (χ0n) is 13.0. The standard InChI is InChI=1S/C18H19ClN2O2/c1-14-4-2-3-5-16(14)12-21-23-13-18(22)20-11-10-15-6-8-17(19)9-7-15/h2-9,12H,10-11,13H2,1H3,(H,20,22)/b21-12-. The molecule has 0 aromatic heterocycles.